The Balaban J connectivity index is 1.27. The van der Waals surface area contributed by atoms with Crippen molar-refractivity contribution in [2.75, 3.05) is 19.8 Å². The lowest BCUT2D eigenvalue weighted by Crippen LogP contribution is -2.52. The molecule has 1 aromatic heterocycles. The van der Waals surface area contributed by atoms with Crippen LogP contribution in [0.2, 0.25) is 0 Å². The number of likely N-dealkylation sites (N-methyl/N-ethyl adjacent to an activating group) is 1. The normalized spacial score (nSPS) is 24.2. The van der Waals surface area contributed by atoms with E-state index in [0.29, 0.717) is 19.6 Å². The van der Waals surface area contributed by atoms with Gasteiger partial charge in [0.25, 0.3) is 0 Å². The molecular weight excluding hydrogens is 471 g/mol. The zero-order valence-corrected chi connectivity index (χ0v) is 21.3. The number of imidazole rings is 1. The topological polar surface area (TPSA) is 96.1 Å². The molecule has 2 aliphatic carbocycles. The largest absolute Gasteiger partial charge is 0.380 e. The van der Waals surface area contributed by atoms with E-state index in [4.69, 9.17) is 9.72 Å². The Morgan fingerprint density at radius 2 is 2.05 bits per heavy atom. The zero-order valence-electron chi connectivity index (χ0n) is 21.3. The molecule has 8 heteroatoms. The molecular formula is C29H33FN4O3. The second-order valence-corrected chi connectivity index (χ2v) is 11.0. The van der Waals surface area contributed by atoms with E-state index >= 15 is 0 Å². The fourth-order valence-electron chi connectivity index (χ4n) is 6.38. The van der Waals surface area contributed by atoms with Gasteiger partial charge in [-0.15, -0.1) is 0 Å². The Hall–Kier alpha value is -3.26. The Kier molecular flexibility index (Phi) is 5.82. The van der Waals surface area contributed by atoms with Crippen LogP contribution in [0.15, 0.2) is 36.4 Å². The summed E-state index contributed by atoms with van der Waals surface area (Å²) in [6.45, 7) is 4.79. The van der Waals surface area contributed by atoms with E-state index in [2.05, 4.69) is 15.6 Å². The molecule has 3 N–H and O–H groups in total. The Morgan fingerprint density at radius 3 is 2.78 bits per heavy atom. The van der Waals surface area contributed by atoms with Gasteiger partial charge in [0.1, 0.15) is 17.7 Å². The molecule has 3 aliphatic rings. The van der Waals surface area contributed by atoms with Crippen LogP contribution in [0.1, 0.15) is 61.5 Å². The van der Waals surface area contributed by atoms with E-state index in [9.17, 15) is 14.0 Å². The molecule has 0 radical (unpaired) electrons. The van der Waals surface area contributed by atoms with Crippen LogP contribution in [0.25, 0.3) is 11.0 Å². The van der Waals surface area contributed by atoms with Crippen molar-refractivity contribution in [3.05, 3.63) is 64.7 Å². The average molecular weight is 505 g/mol. The maximum absolute atomic E-state index is 14.1. The highest BCUT2D eigenvalue weighted by Crippen LogP contribution is 2.63. The van der Waals surface area contributed by atoms with Crippen LogP contribution < -0.4 is 10.6 Å². The van der Waals surface area contributed by atoms with Crippen LogP contribution in [0.3, 0.4) is 0 Å². The number of fused-ring (bicyclic) bond motifs is 2. The predicted octanol–water partition coefficient (Wildman–Crippen LogP) is 3.66. The second kappa shape index (κ2) is 8.94. The number of benzene rings is 2. The van der Waals surface area contributed by atoms with Gasteiger partial charge in [0, 0.05) is 19.6 Å². The molecule has 1 spiro atoms. The summed E-state index contributed by atoms with van der Waals surface area (Å²) in [5, 5.41) is 5.64. The molecule has 37 heavy (non-hydrogen) atoms. The number of amides is 2. The molecule has 0 bridgehead atoms. The van der Waals surface area contributed by atoms with Gasteiger partial charge in [-0.1, -0.05) is 12.1 Å². The number of carbonyl (C=O) groups excluding carboxylic acids is 2. The summed E-state index contributed by atoms with van der Waals surface area (Å²) in [7, 11) is 0. The van der Waals surface area contributed by atoms with Crippen LogP contribution in [0, 0.1) is 11.2 Å². The number of hydrogen-bond acceptors (Lipinski definition) is 4. The molecule has 6 rings (SSSR count). The van der Waals surface area contributed by atoms with Crippen molar-refractivity contribution >= 4 is 22.8 Å². The van der Waals surface area contributed by atoms with Crippen molar-refractivity contribution in [1.82, 2.24) is 20.6 Å². The van der Waals surface area contributed by atoms with Gasteiger partial charge in [0.15, 0.2) is 0 Å². The van der Waals surface area contributed by atoms with Crippen LogP contribution in [0.4, 0.5) is 4.39 Å². The SMILES string of the molecule is CCNC(=O)[C@@H](C)NC(=O)C1(c2ccc3nc(C[C@H]4c5cc(F)ccc5CC45CC5)[nH]c3c2)CCOC1. The van der Waals surface area contributed by atoms with Crippen molar-refractivity contribution in [1.29, 1.82) is 0 Å². The van der Waals surface area contributed by atoms with Crippen molar-refractivity contribution in [3.63, 3.8) is 0 Å². The van der Waals surface area contributed by atoms with E-state index in [0.717, 1.165) is 40.8 Å². The summed E-state index contributed by atoms with van der Waals surface area (Å²) >= 11 is 0. The first-order valence-electron chi connectivity index (χ1n) is 13.3. The lowest BCUT2D eigenvalue weighted by atomic mass is 9.78. The summed E-state index contributed by atoms with van der Waals surface area (Å²) in [6, 6.07) is 10.5. The highest BCUT2D eigenvalue weighted by molar-refractivity contribution is 5.94. The fraction of sp³-hybridized carbons (Fsp3) is 0.483. The van der Waals surface area contributed by atoms with Crippen LogP contribution >= 0.6 is 0 Å². The molecule has 2 fully saturated rings. The van der Waals surface area contributed by atoms with Crippen molar-refractivity contribution < 1.29 is 18.7 Å². The molecule has 1 saturated carbocycles. The van der Waals surface area contributed by atoms with Gasteiger partial charge in [0.05, 0.1) is 23.1 Å². The number of halogens is 1. The van der Waals surface area contributed by atoms with Gasteiger partial charge in [-0.25, -0.2) is 9.37 Å². The van der Waals surface area contributed by atoms with Gasteiger partial charge in [-0.05, 0) is 91.8 Å². The minimum atomic E-state index is -0.861. The maximum atomic E-state index is 14.1. The maximum Gasteiger partial charge on any atom is 0.242 e. The summed E-state index contributed by atoms with van der Waals surface area (Å²) < 4.78 is 19.8. The van der Waals surface area contributed by atoms with E-state index < -0.39 is 11.5 Å². The number of aromatic nitrogens is 2. The van der Waals surface area contributed by atoms with Crippen LogP contribution in [-0.2, 0) is 32.6 Å². The van der Waals surface area contributed by atoms with E-state index in [-0.39, 0.29) is 35.6 Å². The Morgan fingerprint density at radius 1 is 1.22 bits per heavy atom. The standard InChI is InChI=1S/C29H33FN4O3/c1-3-31-26(35)17(2)32-27(36)29(10-11-37-16-29)19-5-7-23-24(12-19)34-25(33-23)14-22-21-13-20(30)6-4-18(21)15-28(22)8-9-28/h4-7,12-13,17,22H,3,8-11,14-16H2,1-2H3,(H,31,35)(H,32,36)(H,33,34)/t17-,22+,29?/m1/s1. The third-order valence-electron chi connectivity index (χ3n) is 8.69. The number of H-pyrrole nitrogens is 1. The summed E-state index contributed by atoms with van der Waals surface area (Å²) in [5.74, 6) is 0.545. The van der Waals surface area contributed by atoms with Crippen molar-refractivity contribution in [2.45, 2.75) is 63.3 Å². The molecule has 1 unspecified atom stereocenters. The quantitative estimate of drug-likeness (QED) is 0.458. The third kappa shape index (κ3) is 4.11. The third-order valence-corrected chi connectivity index (χ3v) is 8.69. The van der Waals surface area contributed by atoms with E-state index in [1.165, 1.54) is 18.4 Å². The first kappa shape index (κ1) is 24.1. The van der Waals surface area contributed by atoms with Gasteiger partial charge < -0.3 is 20.4 Å². The minimum absolute atomic E-state index is 0.181. The van der Waals surface area contributed by atoms with Crippen LogP contribution in [-0.4, -0.2) is 47.6 Å². The number of hydrogen-bond donors (Lipinski definition) is 3. The van der Waals surface area contributed by atoms with Crippen molar-refractivity contribution in [3.8, 4) is 0 Å². The fourth-order valence-corrected chi connectivity index (χ4v) is 6.38. The van der Waals surface area contributed by atoms with Crippen LogP contribution in [0.5, 0.6) is 0 Å². The molecule has 3 aromatic rings. The number of aromatic amines is 1. The first-order chi connectivity index (χ1) is 17.8. The molecule has 1 saturated heterocycles. The molecule has 2 aromatic carbocycles. The second-order valence-electron chi connectivity index (χ2n) is 11.0. The molecule has 1 aliphatic heterocycles. The van der Waals surface area contributed by atoms with Gasteiger partial charge in [-0.3, -0.25) is 9.59 Å². The number of nitrogens with one attached hydrogen (secondary N) is 3. The monoisotopic (exact) mass is 504 g/mol. The molecule has 2 heterocycles. The van der Waals surface area contributed by atoms with E-state index in [1.807, 2.05) is 31.2 Å². The minimum Gasteiger partial charge on any atom is -0.380 e. The number of carbonyl (C=O) groups is 2. The smallest absolute Gasteiger partial charge is 0.242 e. The van der Waals surface area contributed by atoms with Gasteiger partial charge in [0.2, 0.25) is 11.8 Å². The molecule has 2 amide bonds. The summed E-state index contributed by atoms with van der Waals surface area (Å²) in [6.07, 6.45) is 4.64. The number of ether oxygens (including phenoxy) is 1. The number of rotatable bonds is 7. The highest BCUT2D eigenvalue weighted by atomic mass is 19.1. The Labute approximate surface area is 215 Å². The molecule has 194 valence electrons. The van der Waals surface area contributed by atoms with Gasteiger partial charge >= 0.3 is 0 Å². The zero-order chi connectivity index (χ0) is 25.8. The number of nitrogens with zero attached hydrogens (tertiary/aromatic N) is 1. The van der Waals surface area contributed by atoms with E-state index in [1.54, 1.807) is 19.1 Å². The highest BCUT2D eigenvalue weighted by Gasteiger charge is 2.54. The van der Waals surface area contributed by atoms with Gasteiger partial charge in [-0.2, -0.15) is 0 Å². The summed E-state index contributed by atoms with van der Waals surface area (Å²) in [4.78, 5) is 34.0. The first-order valence-corrected chi connectivity index (χ1v) is 13.3. The lowest BCUT2D eigenvalue weighted by Gasteiger charge is -2.28. The predicted molar refractivity (Wildman–Crippen MR) is 138 cm³/mol. The van der Waals surface area contributed by atoms with Crippen molar-refractivity contribution in [2.24, 2.45) is 5.41 Å². The average Bonchev–Trinajstić information content (AvgIpc) is 3.21. The summed E-state index contributed by atoms with van der Waals surface area (Å²) in [5.41, 5.74) is 4.32. The lowest BCUT2D eigenvalue weighted by molar-refractivity contribution is -0.132. The Bertz CT molecular complexity index is 1370. The molecule has 7 nitrogen and oxygen atoms in total. The molecule has 3 atom stereocenters.